The van der Waals surface area contributed by atoms with Crippen molar-refractivity contribution in [3.05, 3.63) is 76.8 Å². The molecule has 1 unspecified atom stereocenters. The highest BCUT2D eigenvalue weighted by Gasteiger charge is 2.34. The Labute approximate surface area is 167 Å². The van der Waals surface area contributed by atoms with Gasteiger partial charge in [0.15, 0.2) is 0 Å². The molecule has 5 nitrogen and oxygen atoms in total. The summed E-state index contributed by atoms with van der Waals surface area (Å²) in [5.41, 5.74) is 2.71. The number of amides is 1. The van der Waals surface area contributed by atoms with E-state index in [1.807, 2.05) is 42.5 Å². The lowest BCUT2D eigenvalue weighted by atomic mass is 9.98. The van der Waals surface area contributed by atoms with E-state index < -0.39 is 0 Å². The topological polar surface area (TPSA) is 56.1 Å². The summed E-state index contributed by atoms with van der Waals surface area (Å²) in [7, 11) is 1.67. The van der Waals surface area contributed by atoms with Crippen LogP contribution in [0.25, 0.3) is 0 Å². The zero-order valence-electron chi connectivity index (χ0n) is 14.6. The number of rotatable bonds is 3. The number of hydrogen-bond acceptors (Lipinski definition) is 6. The maximum absolute atomic E-state index is 12.4. The summed E-state index contributed by atoms with van der Waals surface area (Å²) in [6.45, 7) is 0. The Kier molecular flexibility index (Phi) is 4.72. The van der Waals surface area contributed by atoms with Crippen LogP contribution in [0.2, 0.25) is 0 Å². The molecular weight excluding hydrogens is 378 g/mol. The Morgan fingerprint density at radius 3 is 2.56 bits per heavy atom. The first kappa shape index (κ1) is 17.8. The van der Waals surface area contributed by atoms with Crippen LogP contribution in [-0.2, 0) is 4.79 Å². The molecule has 0 aromatic heterocycles. The third kappa shape index (κ3) is 3.36. The second kappa shape index (κ2) is 7.17. The normalized spacial score (nSPS) is 21.3. The summed E-state index contributed by atoms with van der Waals surface area (Å²) >= 11 is 6.48. The minimum atomic E-state index is -0.193. The fraction of sp³-hybridized carbons (Fsp3) is 0.150. The maximum atomic E-state index is 12.4. The molecule has 2 aromatic carbocycles. The average molecular weight is 396 g/mol. The quantitative estimate of drug-likeness (QED) is 0.631. The highest BCUT2D eigenvalue weighted by Crippen LogP contribution is 2.39. The molecule has 2 aromatic rings. The minimum absolute atomic E-state index is 0.135. The van der Waals surface area contributed by atoms with Gasteiger partial charge in [-0.05, 0) is 11.6 Å². The van der Waals surface area contributed by atoms with Gasteiger partial charge in [0.1, 0.15) is 10.1 Å². The molecule has 2 aliphatic heterocycles. The predicted molar refractivity (Wildman–Crippen MR) is 111 cm³/mol. The molecule has 0 bridgehead atoms. The van der Waals surface area contributed by atoms with Gasteiger partial charge in [-0.25, -0.2) is 0 Å². The molecule has 0 saturated carbocycles. The van der Waals surface area contributed by atoms with Gasteiger partial charge >= 0.3 is 0 Å². The zero-order chi connectivity index (χ0) is 19.0. The third-order valence-electron chi connectivity index (χ3n) is 4.58. The van der Waals surface area contributed by atoms with Crippen LogP contribution < -0.4 is 0 Å². The van der Waals surface area contributed by atoms with Crippen LogP contribution in [0.1, 0.15) is 23.6 Å². The SMILES string of the molecule is CN1C(=O)/C(=C/N2N=C(c3ccccc3)CC2c2ccccc2O)SC1=S. The van der Waals surface area contributed by atoms with Crippen LogP contribution in [-0.4, -0.2) is 38.0 Å². The molecule has 2 aliphatic rings. The Morgan fingerprint density at radius 2 is 1.89 bits per heavy atom. The van der Waals surface area contributed by atoms with E-state index in [0.29, 0.717) is 15.6 Å². The average Bonchev–Trinajstić information content (AvgIpc) is 3.20. The second-order valence-corrected chi connectivity index (χ2v) is 7.97. The number of hydrazone groups is 1. The van der Waals surface area contributed by atoms with Crippen LogP contribution in [0.3, 0.4) is 0 Å². The summed E-state index contributed by atoms with van der Waals surface area (Å²) in [6, 6.07) is 17.0. The molecule has 0 radical (unpaired) electrons. The van der Waals surface area contributed by atoms with Gasteiger partial charge in [-0.15, -0.1) is 0 Å². The van der Waals surface area contributed by atoms with E-state index in [0.717, 1.165) is 16.8 Å². The summed E-state index contributed by atoms with van der Waals surface area (Å²) < 4.78 is 0.525. The minimum Gasteiger partial charge on any atom is -0.508 e. The Bertz CT molecular complexity index is 972. The number of benzene rings is 2. The highest BCUT2D eigenvalue weighted by molar-refractivity contribution is 8.26. The van der Waals surface area contributed by atoms with Crippen molar-refractivity contribution >= 4 is 39.9 Å². The fourth-order valence-electron chi connectivity index (χ4n) is 3.13. The molecule has 0 spiro atoms. The Balaban J connectivity index is 1.74. The number of phenols is 1. The molecule has 0 aliphatic carbocycles. The molecule has 136 valence electrons. The van der Waals surface area contributed by atoms with E-state index in [-0.39, 0.29) is 17.7 Å². The third-order valence-corrected chi connectivity index (χ3v) is 6.05. The lowest BCUT2D eigenvalue weighted by Crippen LogP contribution is -2.23. The largest absolute Gasteiger partial charge is 0.508 e. The number of aromatic hydroxyl groups is 1. The van der Waals surface area contributed by atoms with E-state index in [2.05, 4.69) is 0 Å². The van der Waals surface area contributed by atoms with Crippen LogP contribution in [0.4, 0.5) is 0 Å². The van der Waals surface area contributed by atoms with Crippen molar-refractivity contribution in [2.75, 3.05) is 7.05 Å². The lowest BCUT2D eigenvalue weighted by molar-refractivity contribution is -0.121. The molecule has 1 N–H and O–H groups in total. The van der Waals surface area contributed by atoms with Gasteiger partial charge in [0.25, 0.3) is 5.91 Å². The van der Waals surface area contributed by atoms with Crippen molar-refractivity contribution in [2.45, 2.75) is 12.5 Å². The van der Waals surface area contributed by atoms with Crippen molar-refractivity contribution in [1.29, 1.82) is 0 Å². The number of thioether (sulfide) groups is 1. The van der Waals surface area contributed by atoms with Crippen molar-refractivity contribution in [3.63, 3.8) is 0 Å². The van der Waals surface area contributed by atoms with Crippen molar-refractivity contribution in [2.24, 2.45) is 5.10 Å². The number of carbonyl (C=O) groups is 1. The molecule has 1 amide bonds. The monoisotopic (exact) mass is 395 g/mol. The van der Waals surface area contributed by atoms with Crippen molar-refractivity contribution in [3.8, 4) is 5.75 Å². The highest BCUT2D eigenvalue weighted by atomic mass is 32.2. The van der Waals surface area contributed by atoms with E-state index in [4.69, 9.17) is 17.3 Å². The van der Waals surface area contributed by atoms with Crippen molar-refractivity contribution < 1.29 is 9.90 Å². The maximum Gasteiger partial charge on any atom is 0.267 e. The van der Waals surface area contributed by atoms with Crippen LogP contribution in [0.15, 0.2) is 70.8 Å². The van der Waals surface area contributed by atoms with Gasteiger partial charge in [0, 0.05) is 25.2 Å². The van der Waals surface area contributed by atoms with Gasteiger partial charge in [0.2, 0.25) is 0 Å². The zero-order valence-corrected chi connectivity index (χ0v) is 16.2. The van der Waals surface area contributed by atoms with E-state index in [9.17, 15) is 9.90 Å². The first-order chi connectivity index (χ1) is 13.0. The second-order valence-electron chi connectivity index (χ2n) is 6.30. The molecule has 1 atom stereocenters. The van der Waals surface area contributed by atoms with Crippen LogP contribution in [0, 0.1) is 0 Å². The first-order valence-corrected chi connectivity index (χ1v) is 9.68. The number of phenolic OH excluding ortho intramolecular Hbond substituents is 1. The van der Waals surface area contributed by atoms with Gasteiger partial charge in [0.05, 0.1) is 16.7 Å². The fourth-order valence-corrected chi connectivity index (χ4v) is 4.27. The predicted octanol–water partition coefficient (Wildman–Crippen LogP) is 3.87. The molecule has 1 fully saturated rings. The van der Waals surface area contributed by atoms with E-state index in [1.54, 1.807) is 30.4 Å². The number of carbonyl (C=O) groups excluding carboxylic acids is 1. The Morgan fingerprint density at radius 1 is 1.19 bits per heavy atom. The van der Waals surface area contributed by atoms with Crippen molar-refractivity contribution in [1.82, 2.24) is 9.91 Å². The Hall–Kier alpha value is -2.64. The summed E-state index contributed by atoms with van der Waals surface area (Å²) in [6.07, 6.45) is 2.36. The van der Waals surface area contributed by atoms with Gasteiger partial charge in [-0.3, -0.25) is 14.7 Å². The van der Waals surface area contributed by atoms with Gasteiger partial charge < -0.3 is 5.11 Å². The van der Waals surface area contributed by atoms with E-state index >= 15 is 0 Å². The molecule has 7 heteroatoms. The molecule has 27 heavy (non-hydrogen) atoms. The number of nitrogens with zero attached hydrogens (tertiary/aromatic N) is 3. The standard InChI is InChI=1S/C20H17N3O2S2/c1-22-19(25)18(27-20(22)26)12-23-16(14-9-5-6-10-17(14)24)11-15(21-23)13-7-3-2-4-8-13/h2-10,12,16,24H,11H2,1H3/b18-12-. The van der Waals surface area contributed by atoms with Gasteiger partial charge in [-0.2, -0.15) is 5.10 Å². The summed E-state index contributed by atoms with van der Waals surface area (Å²) in [5.74, 6) is 0.0813. The van der Waals surface area contributed by atoms with Crippen LogP contribution in [0.5, 0.6) is 5.75 Å². The summed E-state index contributed by atoms with van der Waals surface area (Å²) in [4.78, 5) is 14.4. The molecule has 1 saturated heterocycles. The number of para-hydroxylation sites is 1. The summed E-state index contributed by atoms with van der Waals surface area (Å²) in [5, 5.41) is 16.8. The van der Waals surface area contributed by atoms with E-state index in [1.165, 1.54) is 16.7 Å². The lowest BCUT2D eigenvalue weighted by Gasteiger charge is -2.21. The molecule has 2 heterocycles. The number of thiocarbonyl (C=S) groups is 1. The molecule has 4 rings (SSSR count). The number of likely N-dealkylation sites (N-methyl/N-ethyl adjacent to an activating group) is 1. The van der Waals surface area contributed by atoms with Crippen LogP contribution >= 0.6 is 24.0 Å². The molecular formula is C20H17N3O2S2. The van der Waals surface area contributed by atoms with Gasteiger partial charge in [-0.1, -0.05) is 72.5 Å². The first-order valence-electron chi connectivity index (χ1n) is 8.45. The smallest absolute Gasteiger partial charge is 0.267 e. The number of hydrogen-bond donors (Lipinski definition) is 1.